The van der Waals surface area contributed by atoms with Crippen molar-refractivity contribution >= 4 is 29.5 Å². The van der Waals surface area contributed by atoms with E-state index in [0.717, 1.165) is 11.1 Å². The first kappa shape index (κ1) is 14.9. The molecule has 3 aliphatic rings. The molecule has 1 aromatic rings. The van der Waals surface area contributed by atoms with Gasteiger partial charge in [-0.15, -0.1) is 0 Å². The van der Waals surface area contributed by atoms with Crippen LogP contribution in [-0.2, 0) is 9.53 Å². The molecule has 0 radical (unpaired) electrons. The Labute approximate surface area is 138 Å². The van der Waals surface area contributed by atoms with Crippen molar-refractivity contribution in [2.75, 3.05) is 26.3 Å². The molecular weight excluding hydrogens is 311 g/mol. The van der Waals surface area contributed by atoms with Crippen LogP contribution in [0.4, 0.5) is 4.39 Å². The number of hydrogen-bond acceptors (Lipinski definition) is 5. The van der Waals surface area contributed by atoms with Crippen molar-refractivity contribution in [3.05, 3.63) is 41.7 Å². The zero-order valence-corrected chi connectivity index (χ0v) is 12.9. The number of ether oxygens (including phenoxy) is 1. The van der Waals surface area contributed by atoms with E-state index in [1.54, 1.807) is 24.4 Å². The SMILES string of the molecule is O=C1N=C(N2CCOCC2)N=C2N=CC=C(c3ccc(F)cc3)C12. The van der Waals surface area contributed by atoms with Crippen molar-refractivity contribution in [3.8, 4) is 0 Å². The number of fused-ring (bicyclic) bond motifs is 1. The van der Waals surface area contributed by atoms with Gasteiger partial charge in [-0.25, -0.2) is 9.38 Å². The zero-order valence-electron chi connectivity index (χ0n) is 12.9. The van der Waals surface area contributed by atoms with Crippen LogP contribution in [0.5, 0.6) is 0 Å². The zero-order chi connectivity index (χ0) is 16.5. The maximum Gasteiger partial charge on any atom is 0.264 e. The number of morpholine rings is 1. The van der Waals surface area contributed by atoms with E-state index in [-0.39, 0.29) is 11.7 Å². The summed E-state index contributed by atoms with van der Waals surface area (Å²) in [6, 6.07) is 6.03. The molecule has 7 heteroatoms. The number of carbonyl (C=O) groups excluding carboxylic acids is 1. The number of carbonyl (C=O) groups is 1. The molecule has 0 spiro atoms. The summed E-state index contributed by atoms with van der Waals surface area (Å²) < 4.78 is 18.5. The second-order valence-corrected chi connectivity index (χ2v) is 5.66. The van der Waals surface area contributed by atoms with Gasteiger partial charge >= 0.3 is 0 Å². The van der Waals surface area contributed by atoms with Crippen molar-refractivity contribution in [3.63, 3.8) is 0 Å². The lowest BCUT2D eigenvalue weighted by Crippen LogP contribution is -2.43. The first-order valence-corrected chi connectivity index (χ1v) is 7.76. The van der Waals surface area contributed by atoms with Crippen molar-refractivity contribution in [1.82, 2.24) is 4.90 Å². The highest BCUT2D eigenvalue weighted by atomic mass is 19.1. The summed E-state index contributed by atoms with van der Waals surface area (Å²) in [5.41, 5.74) is 1.50. The maximum absolute atomic E-state index is 13.1. The third kappa shape index (κ3) is 2.67. The fourth-order valence-corrected chi connectivity index (χ4v) is 2.94. The highest BCUT2D eigenvalue weighted by molar-refractivity contribution is 6.25. The van der Waals surface area contributed by atoms with E-state index in [1.165, 1.54) is 12.1 Å². The minimum absolute atomic E-state index is 0.297. The van der Waals surface area contributed by atoms with Crippen molar-refractivity contribution in [2.24, 2.45) is 20.9 Å². The summed E-state index contributed by atoms with van der Waals surface area (Å²) in [5, 5.41) is 0. The molecule has 1 amide bonds. The van der Waals surface area contributed by atoms with E-state index in [1.807, 2.05) is 4.90 Å². The highest BCUT2D eigenvalue weighted by Gasteiger charge is 2.35. The van der Waals surface area contributed by atoms with Crippen LogP contribution >= 0.6 is 0 Å². The minimum Gasteiger partial charge on any atom is -0.378 e. The van der Waals surface area contributed by atoms with Gasteiger partial charge in [-0.1, -0.05) is 12.1 Å². The Kier molecular flexibility index (Phi) is 3.78. The van der Waals surface area contributed by atoms with E-state index in [4.69, 9.17) is 4.74 Å². The van der Waals surface area contributed by atoms with E-state index in [2.05, 4.69) is 15.0 Å². The van der Waals surface area contributed by atoms with Gasteiger partial charge in [0.15, 0.2) is 0 Å². The summed E-state index contributed by atoms with van der Waals surface area (Å²) in [4.78, 5) is 27.4. The summed E-state index contributed by atoms with van der Waals surface area (Å²) in [5.74, 6) is -0.426. The van der Waals surface area contributed by atoms with Crippen molar-refractivity contribution in [1.29, 1.82) is 0 Å². The molecule has 1 fully saturated rings. The number of nitrogens with zero attached hydrogens (tertiary/aromatic N) is 4. The number of amides is 1. The monoisotopic (exact) mass is 326 g/mol. The van der Waals surface area contributed by atoms with Gasteiger partial charge in [-0.2, -0.15) is 9.98 Å². The second kappa shape index (κ2) is 6.09. The first-order chi connectivity index (χ1) is 11.7. The Hall–Kier alpha value is -2.67. The molecule has 4 rings (SSSR count). The van der Waals surface area contributed by atoms with Crippen molar-refractivity contribution < 1.29 is 13.9 Å². The van der Waals surface area contributed by atoms with Crippen LogP contribution in [0.2, 0.25) is 0 Å². The molecule has 0 aromatic heterocycles. The number of dihydropyridines is 1. The normalized spacial score (nSPS) is 23.4. The lowest BCUT2D eigenvalue weighted by molar-refractivity contribution is -0.118. The first-order valence-electron chi connectivity index (χ1n) is 7.76. The number of guanidine groups is 1. The molecular formula is C17H15FN4O2. The van der Waals surface area contributed by atoms with Gasteiger partial charge in [0, 0.05) is 19.3 Å². The predicted octanol–water partition coefficient (Wildman–Crippen LogP) is 1.54. The smallest absolute Gasteiger partial charge is 0.264 e. The topological polar surface area (TPSA) is 66.6 Å². The van der Waals surface area contributed by atoms with Crippen LogP contribution in [0.3, 0.4) is 0 Å². The van der Waals surface area contributed by atoms with Crippen LogP contribution in [0.25, 0.3) is 5.57 Å². The fourth-order valence-electron chi connectivity index (χ4n) is 2.94. The van der Waals surface area contributed by atoms with E-state index < -0.39 is 5.92 Å². The van der Waals surface area contributed by atoms with Gasteiger partial charge in [-0.3, -0.25) is 4.79 Å². The van der Waals surface area contributed by atoms with Gasteiger partial charge in [0.25, 0.3) is 5.91 Å². The number of rotatable bonds is 1. The van der Waals surface area contributed by atoms with Gasteiger partial charge in [0.05, 0.1) is 13.2 Å². The summed E-state index contributed by atoms with van der Waals surface area (Å²) in [6.45, 7) is 2.48. The molecule has 1 unspecified atom stereocenters. The average molecular weight is 326 g/mol. The van der Waals surface area contributed by atoms with E-state index >= 15 is 0 Å². The van der Waals surface area contributed by atoms with Crippen LogP contribution < -0.4 is 0 Å². The number of hydrogen-bond donors (Lipinski definition) is 0. The third-order valence-corrected chi connectivity index (χ3v) is 4.17. The Bertz CT molecular complexity index is 789. The Morgan fingerprint density at radius 2 is 1.88 bits per heavy atom. The summed E-state index contributed by atoms with van der Waals surface area (Å²) in [7, 11) is 0. The van der Waals surface area contributed by atoms with Gasteiger partial charge in [0.2, 0.25) is 5.96 Å². The van der Waals surface area contributed by atoms with Crippen LogP contribution in [-0.4, -0.2) is 55.1 Å². The number of halogens is 1. The summed E-state index contributed by atoms with van der Waals surface area (Å²) >= 11 is 0. The maximum atomic E-state index is 13.1. The standard InChI is InChI=1S/C17H15FN4O2/c18-12-3-1-11(2-4-12)13-5-6-19-15-14(13)16(23)21-17(20-15)22-7-9-24-10-8-22/h1-6,14H,7-10H2. The molecule has 1 aromatic carbocycles. The molecule has 0 N–H and O–H groups in total. The minimum atomic E-state index is -0.634. The van der Waals surface area contributed by atoms with Crippen LogP contribution in [0, 0.1) is 11.7 Å². The molecule has 1 atom stereocenters. The largest absolute Gasteiger partial charge is 0.378 e. The highest BCUT2D eigenvalue weighted by Crippen LogP contribution is 2.30. The van der Waals surface area contributed by atoms with Crippen molar-refractivity contribution in [2.45, 2.75) is 0 Å². The lowest BCUT2D eigenvalue weighted by atomic mass is 9.88. The Balaban J connectivity index is 1.65. The quantitative estimate of drug-likeness (QED) is 0.786. The number of amidine groups is 1. The molecule has 3 heterocycles. The molecule has 24 heavy (non-hydrogen) atoms. The number of allylic oxidation sites excluding steroid dienone is 1. The molecule has 0 saturated carbocycles. The molecule has 1 saturated heterocycles. The predicted molar refractivity (Wildman–Crippen MR) is 88.6 cm³/mol. The van der Waals surface area contributed by atoms with Gasteiger partial charge in [-0.05, 0) is 29.3 Å². The number of aliphatic imine (C=N–C) groups is 3. The fraction of sp³-hybridized carbons (Fsp3) is 0.294. The third-order valence-electron chi connectivity index (χ3n) is 4.17. The molecule has 0 aliphatic carbocycles. The summed E-state index contributed by atoms with van der Waals surface area (Å²) in [6.07, 6.45) is 3.37. The van der Waals surface area contributed by atoms with E-state index in [9.17, 15) is 9.18 Å². The van der Waals surface area contributed by atoms with Crippen LogP contribution in [0.15, 0.2) is 45.3 Å². The second-order valence-electron chi connectivity index (χ2n) is 5.66. The Morgan fingerprint density at radius 3 is 2.62 bits per heavy atom. The molecule has 6 nitrogen and oxygen atoms in total. The van der Waals surface area contributed by atoms with Crippen LogP contribution in [0.1, 0.15) is 5.56 Å². The average Bonchev–Trinajstić information content (AvgIpc) is 2.62. The molecule has 3 aliphatic heterocycles. The van der Waals surface area contributed by atoms with Gasteiger partial charge < -0.3 is 9.64 Å². The van der Waals surface area contributed by atoms with E-state index in [0.29, 0.717) is 38.1 Å². The Morgan fingerprint density at radius 1 is 1.12 bits per heavy atom. The molecule has 122 valence electrons. The molecule has 0 bridgehead atoms. The van der Waals surface area contributed by atoms with Gasteiger partial charge in [0.1, 0.15) is 17.6 Å². The number of benzene rings is 1. The lowest BCUT2D eigenvalue weighted by Gasteiger charge is -2.30.